The number of phenolic OH excluding ortho intramolecular Hbond substituents is 1. The number of ether oxygens (including phenoxy) is 1. The first-order valence-corrected chi connectivity index (χ1v) is 10.2. The van der Waals surface area contributed by atoms with Gasteiger partial charge >= 0.3 is 12.3 Å². The number of rotatable bonds is 10. The third kappa shape index (κ3) is 9.04. The molecule has 2 N–H and O–H groups in total. The zero-order valence-electron chi connectivity index (χ0n) is 17.9. The molecule has 0 fully saturated rings. The van der Waals surface area contributed by atoms with Gasteiger partial charge in [-0.05, 0) is 64.2 Å². The van der Waals surface area contributed by atoms with E-state index >= 15 is 0 Å². The summed E-state index contributed by atoms with van der Waals surface area (Å²) in [4.78, 5) is 16.2. The lowest BCUT2D eigenvalue weighted by molar-refractivity contribution is -0.137. The van der Waals surface area contributed by atoms with Crippen LogP contribution in [0.4, 0.5) is 18.0 Å². The Morgan fingerprint density at radius 3 is 2.52 bits per heavy atom. The van der Waals surface area contributed by atoms with Gasteiger partial charge in [0.2, 0.25) is 0 Å². The first-order chi connectivity index (χ1) is 14.4. The number of hydrogen-bond acceptors (Lipinski definition) is 4. The SMILES string of the molecule is C=C(C)C(N=CCCCCCOC(=O)NCc1c(O)ccc(C(F)(F)F)c1Cl)=C(C)C. The van der Waals surface area contributed by atoms with Gasteiger partial charge in [-0.1, -0.05) is 23.8 Å². The second kappa shape index (κ2) is 12.4. The molecule has 0 aromatic heterocycles. The Morgan fingerprint density at radius 1 is 1.26 bits per heavy atom. The fourth-order valence-corrected chi connectivity index (χ4v) is 3.04. The van der Waals surface area contributed by atoms with E-state index in [1.165, 1.54) is 0 Å². The Kier molecular flexibility index (Phi) is 10.6. The molecule has 1 rings (SSSR count). The number of carbonyl (C=O) groups is 1. The van der Waals surface area contributed by atoms with Gasteiger partial charge in [0.25, 0.3) is 0 Å². The van der Waals surface area contributed by atoms with Crippen LogP contribution in [0.25, 0.3) is 0 Å². The van der Waals surface area contributed by atoms with Crippen molar-refractivity contribution in [2.75, 3.05) is 6.61 Å². The van der Waals surface area contributed by atoms with Crippen molar-refractivity contribution in [1.29, 1.82) is 0 Å². The fourth-order valence-electron chi connectivity index (χ4n) is 2.71. The van der Waals surface area contributed by atoms with Gasteiger partial charge in [0, 0.05) is 11.8 Å². The molecule has 0 unspecified atom stereocenters. The van der Waals surface area contributed by atoms with E-state index in [0.29, 0.717) is 12.5 Å². The monoisotopic (exact) mass is 460 g/mol. The number of alkyl halides is 3. The molecular weight excluding hydrogens is 433 g/mol. The second-order valence-electron chi connectivity index (χ2n) is 7.20. The van der Waals surface area contributed by atoms with Crippen LogP contribution in [0.3, 0.4) is 0 Å². The van der Waals surface area contributed by atoms with Crippen LogP contribution in [-0.4, -0.2) is 24.0 Å². The van der Waals surface area contributed by atoms with Crippen LogP contribution in [0.15, 0.2) is 40.5 Å². The van der Waals surface area contributed by atoms with Gasteiger partial charge in [-0.2, -0.15) is 13.2 Å². The van der Waals surface area contributed by atoms with E-state index in [1.54, 1.807) is 0 Å². The standard InChI is InChI=1S/C22H28ClF3N2O3/c1-14(2)20(15(3)4)27-11-7-5-6-8-12-31-21(30)28-13-16-18(29)10-9-17(19(16)23)22(24,25)26/h9-11,29H,1,5-8,12-13H2,2-4H3,(H,28,30). The van der Waals surface area contributed by atoms with Crippen molar-refractivity contribution in [2.24, 2.45) is 4.99 Å². The maximum atomic E-state index is 12.9. The number of halogens is 4. The van der Waals surface area contributed by atoms with Gasteiger partial charge < -0.3 is 15.2 Å². The number of carbonyl (C=O) groups excluding carboxylic acids is 1. The smallest absolute Gasteiger partial charge is 0.417 e. The van der Waals surface area contributed by atoms with Crippen LogP contribution in [0.2, 0.25) is 5.02 Å². The molecule has 0 aliphatic rings. The van der Waals surface area contributed by atoms with Crippen molar-refractivity contribution in [2.45, 2.75) is 59.2 Å². The van der Waals surface area contributed by atoms with Gasteiger partial charge in [0.1, 0.15) is 5.75 Å². The van der Waals surface area contributed by atoms with Crippen LogP contribution < -0.4 is 5.32 Å². The minimum atomic E-state index is -4.66. The number of allylic oxidation sites excluding steroid dienone is 2. The average molecular weight is 461 g/mol. The topological polar surface area (TPSA) is 70.9 Å². The van der Waals surface area contributed by atoms with Gasteiger partial charge in [-0.3, -0.25) is 4.99 Å². The summed E-state index contributed by atoms with van der Waals surface area (Å²) < 4.78 is 43.7. The zero-order valence-corrected chi connectivity index (χ0v) is 18.7. The minimum Gasteiger partial charge on any atom is -0.508 e. The number of aromatic hydroxyl groups is 1. The molecule has 172 valence electrons. The summed E-state index contributed by atoms with van der Waals surface area (Å²) in [7, 11) is 0. The Hall–Kier alpha value is -2.48. The van der Waals surface area contributed by atoms with Crippen LogP contribution in [-0.2, 0) is 17.5 Å². The highest BCUT2D eigenvalue weighted by Gasteiger charge is 2.34. The first-order valence-electron chi connectivity index (χ1n) is 9.79. The number of hydrogen-bond donors (Lipinski definition) is 2. The molecule has 0 radical (unpaired) electrons. The molecular formula is C22H28ClF3N2O3. The molecule has 0 aliphatic heterocycles. The molecule has 0 bridgehead atoms. The lowest BCUT2D eigenvalue weighted by Gasteiger charge is -2.14. The normalized spacial score (nSPS) is 11.5. The number of alkyl carbamates (subject to hydrolysis) is 1. The molecule has 1 aromatic rings. The molecule has 0 saturated heterocycles. The molecule has 0 aliphatic carbocycles. The zero-order chi connectivity index (χ0) is 23.6. The summed E-state index contributed by atoms with van der Waals surface area (Å²) in [5.74, 6) is -0.442. The van der Waals surface area contributed by atoms with Crippen molar-refractivity contribution in [3.05, 3.63) is 51.7 Å². The van der Waals surface area contributed by atoms with Crippen molar-refractivity contribution < 1.29 is 27.8 Å². The largest absolute Gasteiger partial charge is 0.508 e. The molecule has 0 spiro atoms. The molecule has 0 saturated carbocycles. The Balaban J connectivity index is 2.36. The third-order valence-electron chi connectivity index (χ3n) is 4.24. The van der Waals surface area contributed by atoms with E-state index in [9.17, 15) is 23.1 Å². The summed E-state index contributed by atoms with van der Waals surface area (Å²) in [6.45, 7) is 9.53. The number of unbranched alkanes of at least 4 members (excludes halogenated alkanes) is 3. The summed E-state index contributed by atoms with van der Waals surface area (Å²) in [6.07, 6.45) is -0.524. The Bertz CT molecular complexity index is 845. The summed E-state index contributed by atoms with van der Waals surface area (Å²) in [6, 6.07) is 1.57. The van der Waals surface area contributed by atoms with Gasteiger partial charge in [0.05, 0.1) is 29.4 Å². The van der Waals surface area contributed by atoms with Crippen LogP contribution in [0.1, 0.15) is 57.6 Å². The van der Waals surface area contributed by atoms with Gasteiger partial charge in [-0.15, -0.1) is 0 Å². The molecule has 9 heteroatoms. The minimum absolute atomic E-state index is 0.163. The number of amides is 1. The quantitative estimate of drug-likeness (QED) is 0.229. The van der Waals surface area contributed by atoms with Crippen molar-refractivity contribution in [3.63, 3.8) is 0 Å². The van der Waals surface area contributed by atoms with Crippen LogP contribution in [0, 0.1) is 0 Å². The number of nitrogens with one attached hydrogen (secondary N) is 1. The van der Waals surface area contributed by atoms with E-state index in [-0.39, 0.29) is 18.7 Å². The summed E-state index contributed by atoms with van der Waals surface area (Å²) in [5.41, 5.74) is 1.60. The van der Waals surface area contributed by atoms with Gasteiger partial charge in [0.15, 0.2) is 0 Å². The van der Waals surface area contributed by atoms with E-state index in [0.717, 1.165) is 42.2 Å². The Labute approximate surface area is 185 Å². The summed E-state index contributed by atoms with van der Waals surface area (Å²) in [5, 5.41) is 11.4. The highest BCUT2D eigenvalue weighted by Crippen LogP contribution is 2.39. The number of benzene rings is 1. The maximum Gasteiger partial charge on any atom is 0.417 e. The molecule has 31 heavy (non-hydrogen) atoms. The molecule has 0 atom stereocenters. The van der Waals surface area contributed by atoms with Crippen LogP contribution >= 0.6 is 11.6 Å². The van der Waals surface area contributed by atoms with Crippen molar-refractivity contribution in [3.8, 4) is 5.75 Å². The maximum absolute atomic E-state index is 12.9. The molecule has 1 aromatic carbocycles. The number of aliphatic imine (C=N–C) groups is 1. The highest BCUT2D eigenvalue weighted by atomic mass is 35.5. The summed E-state index contributed by atoms with van der Waals surface area (Å²) >= 11 is 5.73. The third-order valence-corrected chi connectivity index (χ3v) is 4.67. The van der Waals surface area contributed by atoms with Crippen molar-refractivity contribution >= 4 is 23.9 Å². The van der Waals surface area contributed by atoms with E-state index < -0.39 is 28.6 Å². The van der Waals surface area contributed by atoms with Crippen molar-refractivity contribution in [1.82, 2.24) is 5.32 Å². The van der Waals surface area contributed by atoms with Crippen LogP contribution in [0.5, 0.6) is 5.75 Å². The lowest BCUT2D eigenvalue weighted by atomic mass is 10.1. The van der Waals surface area contributed by atoms with E-state index in [2.05, 4.69) is 16.9 Å². The lowest BCUT2D eigenvalue weighted by Crippen LogP contribution is -2.24. The molecule has 0 heterocycles. The number of nitrogens with zero attached hydrogens (tertiary/aromatic N) is 1. The average Bonchev–Trinajstić information content (AvgIpc) is 2.64. The molecule has 5 nitrogen and oxygen atoms in total. The molecule has 1 amide bonds. The van der Waals surface area contributed by atoms with Gasteiger partial charge in [-0.25, -0.2) is 4.79 Å². The second-order valence-corrected chi connectivity index (χ2v) is 7.58. The predicted molar refractivity (Wildman–Crippen MR) is 116 cm³/mol. The highest BCUT2D eigenvalue weighted by molar-refractivity contribution is 6.32. The predicted octanol–water partition coefficient (Wildman–Crippen LogP) is 6.79. The van der Waals surface area contributed by atoms with E-state index in [1.807, 2.05) is 27.0 Å². The number of phenols is 1. The Morgan fingerprint density at radius 2 is 1.94 bits per heavy atom. The fraction of sp³-hybridized carbons (Fsp3) is 0.455. The van der Waals surface area contributed by atoms with E-state index in [4.69, 9.17) is 16.3 Å². The first kappa shape index (κ1) is 26.6.